The largest absolute Gasteiger partial charge is 0.493 e. The Bertz CT molecular complexity index is 576. The molecule has 2 unspecified atom stereocenters. The van der Waals surface area contributed by atoms with Crippen molar-refractivity contribution in [2.75, 3.05) is 14.2 Å². The molecule has 0 amide bonds. The van der Waals surface area contributed by atoms with Gasteiger partial charge in [0.1, 0.15) is 0 Å². The number of hydrogen-bond donors (Lipinski definition) is 0. The summed E-state index contributed by atoms with van der Waals surface area (Å²) in [6.45, 7) is 2.02. The van der Waals surface area contributed by atoms with Gasteiger partial charge in [-0.15, -0.1) is 0 Å². The van der Waals surface area contributed by atoms with Crippen LogP contribution < -0.4 is 9.47 Å². The fourth-order valence-electron chi connectivity index (χ4n) is 1.94. The topological polar surface area (TPSA) is 61.8 Å². The highest BCUT2D eigenvalue weighted by Gasteiger charge is 2.41. The number of esters is 2. The van der Waals surface area contributed by atoms with Crippen LogP contribution in [0.2, 0.25) is 0 Å². The van der Waals surface area contributed by atoms with Crippen LogP contribution in [0.1, 0.15) is 18.9 Å². The smallest absolute Gasteiger partial charge is 0.330 e. The Labute approximate surface area is 123 Å². The van der Waals surface area contributed by atoms with E-state index >= 15 is 0 Å². The number of carbonyl (C=O) groups excluding carboxylic acids is 2. The Morgan fingerprint density at radius 3 is 2.52 bits per heavy atom. The molecule has 21 heavy (non-hydrogen) atoms. The molecular weight excluding hydrogens is 272 g/mol. The van der Waals surface area contributed by atoms with E-state index in [-0.39, 0.29) is 11.9 Å². The van der Waals surface area contributed by atoms with Gasteiger partial charge in [-0.05, 0) is 36.1 Å². The van der Waals surface area contributed by atoms with Gasteiger partial charge in [0.25, 0.3) is 0 Å². The van der Waals surface area contributed by atoms with Crippen LogP contribution in [0.4, 0.5) is 0 Å². The standard InChI is InChI=1S/C16H18O5/c1-10-8-12(10)16(18)21-13-6-4-11(9-14(13)19-2)5-7-15(17)20-3/h4-7,9-10,12H,8H2,1-3H3/b7-5+. The first-order chi connectivity index (χ1) is 10.0. The van der Waals surface area contributed by atoms with Crippen LogP contribution in [0.25, 0.3) is 6.08 Å². The normalized spacial score (nSPS) is 20.1. The fourth-order valence-corrected chi connectivity index (χ4v) is 1.94. The van der Waals surface area contributed by atoms with Gasteiger partial charge in [-0.2, -0.15) is 0 Å². The molecule has 1 saturated carbocycles. The summed E-state index contributed by atoms with van der Waals surface area (Å²) in [5, 5.41) is 0. The minimum Gasteiger partial charge on any atom is -0.493 e. The first-order valence-corrected chi connectivity index (χ1v) is 6.71. The van der Waals surface area contributed by atoms with Gasteiger partial charge in [-0.1, -0.05) is 13.0 Å². The minimum absolute atomic E-state index is 0.00592. The molecule has 0 heterocycles. The van der Waals surface area contributed by atoms with Crippen molar-refractivity contribution in [3.8, 4) is 11.5 Å². The molecule has 2 atom stereocenters. The van der Waals surface area contributed by atoms with E-state index in [2.05, 4.69) is 4.74 Å². The van der Waals surface area contributed by atoms with Crippen LogP contribution in [-0.2, 0) is 14.3 Å². The van der Waals surface area contributed by atoms with Crippen LogP contribution in [0.15, 0.2) is 24.3 Å². The molecule has 1 aliphatic carbocycles. The van der Waals surface area contributed by atoms with Gasteiger partial charge in [-0.3, -0.25) is 4.79 Å². The molecule has 112 valence electrons. The average molecular weight is 290 g/mol. The molecule has 1 fully saturated rings. The Morgan fingerprint density at radius 1 is 1.24 bits per heavy atom. The lowest BCUT2D eigenvalue weighted by atomic mass is 10.2. The summed E-state index contributed by atoms with van der Waals surface area (Å²) in [5.74, 6) is 0.561. The van der Waals surface area contributed by atoms with Crippen LogP contribution in [0.5, 0.6) is 11.5 Å². The monoisotopic (exact) mass is 290 g/mol. The fraction of sp³-hybridized carbons (Fsp3) is 0.375. The van der Waals surface area contributed by atoms with E-state index in [1.165, 1.54) is 20.3 Å². The molecule has 0 saturated heterocycles. The van der Waals surface area contributed by atoms with Gasteiger partial charge in [0.2, 0.25) is 0 Å². The van der Waals surface area contributed by atoms with E-state index < -0.39 is 5.97 Å². The second-order valence-corrected chi connectivity index (χ2v) is 5.01. The molecule has 1 aromatic carbocycles. The van der Waals surface area contributed by atoms with Gasteiger partial charge in [0, 0.05) is 6.08 Å². The Morgan fingerprint density at radius 2 is 1.95 bits per heavy atom. The summed E-state index contributed by atoms with van der Waals surface area (Å²) in [4.78, 5) is 22.9. The zero-order chi connectivity index (χ0) is 15.4. The summed E-state index contributed by atoms with van der Waals surface area (Å²) in [7, 11) is 2.81. The molecule has 5 heteroatoms. The van der Waals surface area contributed by atoms with Gasteiger partial charge in [-0.25, -0.2) is 4.79 Å². The number of carbonyl (C=O) groups is 2. The molecule has 0 aliphatic heterocycles. The van der Waals surface area contributed by atoms with Crippen molar-refractivity contribution in [1.82, 2.24) is 0 Å². The van der Waals surface area contributed by atoms with Crippen molar-refractivity contribution in [1.29, 1.82) is 0 Å². The summed E-state index contributed by atoms with van der Waals surface area (Å²) in [6.07, 6.45) is 3.79. The Hall–Kier alpha value is -2.30. The van der Waals surface area contributed by atoms with Crippen LogP contribution in [0, 0.1) is 11.8 Å². The summed E-state index contributed by atoms with van der Waals surface area (Å²) < 4.78 is 15.1. The second kappa shape index (κ2) is 6.43. The molecule has 1 aromatic rings. The predicted octanol–water partition coefficient (Wildman–Crippen LogP) is 2.44. The zero-order valence-electron chi connectivity index (χ0n) is 12.3. The number of ether oxygens (including phenoxy) is 3. The molecule has 1 aliphatic rings. The summed E-state index contributed by atoms with van der Waals surface area (Å²) in [5.41, 5.74) is 0.747. The molecular formula is C16H18O5. The van der Waals surface area contributed by atoms with Gasteiger partial charge < -0.3 is 14.2 Å². The van der Waals surface area contributed by atoms with E-state index in [0.717, 1.165) is 12.0 Å². The number of benzene rings is 1. The third-order valence-corrected chi connectivity index (χ3v) is 3.42. The Balaban J connectivity index is 2.10. The van der Waals surface area contributed by atoms with Crippen molar-refractivity contribution in [2.24, 2.45) is 11.8 Å². The van der Waals surface area contributed by atoms with Crippen molar-refractivity contribution in [2.45, 2.75) is 13.3 Å². The van der Waals surface area contributed by atoms with Crippen LogP contribution >= 0.6 is 0 Å². The zero-order valence-corrected chi connectivity index (χ0v) is 12.3. The van der Waals surface area contributed by atoms with E-state index in [1.54, 1.807) is 24.3 Å². The maximum atomic E-state index is 11.8. The molecule has 5 nitrogen and oxygen atoms in total. The molecule has 0 spiro atoms. The van der Waals surface area contributed by atoms with Crippen molar-refractivity contribution >= 4 is 18.0 Å². The Kier molecular flexibility index (Phi) is 4.62. The molecule has 0 aromatic heterocycles. The third-order valence-electron chi connectivity index (χ3n) is 3.42. The van der Waals surface area contributed by atoms with E-state index in [1.807, 2.05) is 6.92 Å². The first-order valence-electron chi connectivity index (χ1n) is 6.71. The molecule has 2 rings (SSSR count). The van der Waals surface area contributed by atoms with Gasteiger partial charge >= 0.3 is 11.9 Å². The first kappa shape index (κ1) is 15.1. The minimum atomic E-state index is -0.438. The predicted molar refractivity (Wildman–Crippen MR) is 77.0 cm³/mol. The van der Waals surface area contributed by atoms with Crippen LogP contribution in [-0.4, -0.2) is 26.2 Å². The van der Waals surface area contributed by atoms with E-state index in [4.69, 9.17) is 9.47 Å². The number of methoxy groups -OCH3 is 2. The van der Waals surface area contributed by atoms with Crippen molar-refractivity contribution < 1.29 is 23.8 Å². The molecule has 0 N–H and O–H groups in total. The quantitative estimate of drug-likeness (QED) is 0.473. The summed E-state index contributed by atoms with van der Waals surface area (Å²) in [6, 6.07) is 5.08. The second-order valence-electron chi connectivity index (χ2n) is 5.01. The SMILES string of the molecule is COC(=O)/C=C/c1ccc(OC(=O)C2CC2C)c(OC)c1. The van der Waals surface area contributed by atoms with Crippen molar-refractivity contribution in [3.63, 3.8) is 0 Å². The summed E-state index contributed by atoms with van der Waals surface area (Å²) >= 11 is 0. The maximum Gasteiger partial charge on any atom is 0.330 e. The lowest BCUT2D eigenvalue weighted by Crippen LogP contribution is -2.11. The number of hydrogen-bond acceptors (Lipinski definition) is 5. The van der Waals surface area contributed by atoms with Crippen LogP contribution in [0.3, 0.4) is 0 Å². The van der Waals surface area contributed by atoms with E-state index in [0.29, 0.717) is 17.4 Å². The maximum absolute atomic E-state index is 11.8. The molecule has 0 radical (unpaired) electrons. The number of rotatable bonds is 5. The van der Waals surface area contributed by atoms with Gasteiger partial charge in [0.15, 0.2) is 11.5 Å². The molecule has 0 bridgehead atoms. The lowest BCUT2D eigenvalue weighted by molar-refractivity contribution is -0.136. The van der Waals surface area contributed by atoms with E-state index in [9.17, 15) is 9.59 Å². The lowest BCUT2D eigenvalue weighted by Gasteiger charge is -2.09. The average Bonchev–Trinajstić information content (AvgIpc) is 3.22. The van der Waals surface area contributed by atoms with Crippen molar-refractivity contribution in [3.05, 3.63) is 29.8 Å². The highest BCUT2D eigenvalue weighted by atomic mass is 16.6. The highest BCUT2D eigenvalue weighted by molar-refractivity contribution is 5.87. The third kappa shape index (κ3) is 3.84. The van der Waals surface area contributed by atoms with Gasteiger partial charge in [0.05, 0.1) is 20.1 Å². The highest BCUT2D eigenvalue weighted by Crippen LogP contribution is 2.40.